The van der Waals surface area contributed by atoms with Crippen molar-refractivity contribution in [2.24, 2.45) is 0 Å². The number of rotatable bonds is 3. The number of sulfonamides is 1. The topological polar surface area (TPSA) is 66.9 Å². The third-order valence-electron chi connectivity index (χ3n) is 5.93. The summed E-state index contributed by atoms with van der Waals surface area (Å²) in [5.74, 6) is 0.828. The van der Waals surface area contributed by atoms with Crippen LogP contribution in [0, 0.1) is 0 Å². The molecule has 164 valence electrons. The second-order valence-corrected chi connectivity index (χ2v) is 10.2. The van der Waals surface area contributed by atoms with E-state index >= 15 is 0 Å². The summed E-state index contributed by atoms with van der Waals surface area (Å²) in [6, 6.07) is 21.2. The van der Waals surface area contributed by atoms with Crippen molar-refractivity contribution >= 4 is 27.5 Å². The number of hydrogen-bond acceptors (Lipinski definition) is 4. The summed E-state index contributed by atoms with van der Waals surface area (Å²) < 4.78 is 33.4. The molecule has 0 spiro atoms. The SMILES string of the molecule is O=C(C1c2ccccc2Oc2ccccc21)N1CCN(S(=O)(=O)c2ccc(Cl)cc2)CC1. The van der Waals surface area contributed by atoms with Crippen LogP contribution in [0.3, 0.4) is 0 Å². The summed E-state index contributed by atoms with van der Waals surface area (Å²) in [7, 11) is -3.63. The minimum atomic E-state index is -3.63. The Labute approximate surface area is 192 Å². The predicted molar refractivity (Wildman–Crippen MR) is 122 cm³/mol. The van der Waals surface area contributed by atoms with E-state index in [4.69, 9.17) is 16.3 Å². The van der Waals surface area contributed by atoms with E-state index in [1.54, 1.807) is 17.0 Å². The van der Waals surface area contributed by atoms with Crippen molar-refractivity contribution in [1.82, 2.24) is 9.21 Å². The maximum atomic E-state index is 13.6. The van der Waals surface area contributed by atoms with Gasteiger partial charge in [0, 0.05) is 42.3 Å². The summed E-state index contributed by atoms with van der Waals surface area (Å²) in [5.41, 5.74) is 1.65. The lowest BCUT2D eigenvalue weighted by atomic mass is 9.86. The van der Waals surface area contributed by atoms with Crippen LogP contribution in [-0.2, 0) is 14.8 Å². The molecular weight excluding hydrogens is 448 g/mol. The van der Waals surface area contributed by atoms with Crippen molar-refractivity contribution in [2.45, 2.75) is 10.8 Å². The summed E-state index contributed by atoms with van der Waals surface area (Å²) >= 11 is 5.89. The molecule has 0 radical (unpaired) electrons. The molecule has 0 aromatic heterocycles. The van der Waals surface area contributed by atoms with Gasteiger partial charge in [0.15, 0.2) is 0 Å². The van der Waals surface area contributed by atoms with Gasteiger partial charge in [-0.15, -0.1) is 0 Å². The van der Waals surface area contributed by atoms with Crippen molar-refractivity contribution in [3.05, 3.63) is 88.9 Å². The Balaban J connectivity index is 1.37. The Morgan fingerprint density at radius 3 is 1.91 bits per heavy atom. The molecule has 2 aliphatic heterocycles. The molecule has 2 heterocycles. The summed E-state index contributed by atoms with van der Waals surface area (Å²) in [5, 5.41) is 0.483. The van der Waals surface area contributed by atoms with Crippen molar-refractivity contribution in [3.63, 3.8) is 0 Å². The van der Waals surface area contributed by atoms with Gasteiger partial charge in [0.2, 0.25) is 15.9 Å². The highest BCUT2D eigenvalue weighted by Crippen LogP contribution is 2.44. The van der Waals surface area contributed by atoms with E-state index in [-0.39, 0.29) is 23.9 Å². The fraction of sp³-hybridized carbons (Fsp3) is 0.208. The van der Waals surface area contributed by atoms with E-state index in [0.717, 1.165) is 11.1 Å². The number of ether oxygens (including phenoxy) is 1. The highest BCUT2D eigenvalue weighted by Gasteiger charge is 2.37. The first-order valence-electron chi connectivity index (χ1n) is 10.4. The molecule has 0 N–H and O–H groups in total. The zero-order valence-electron chi connectivity index (χ0n) is 17.1. The molecule has 1 fully saturated rings. The standard InChI is InChI=1S/C24H21ClN2O4S/c25-17-9-11-18(12-10-17)32(29,30)27-15-13-26(14-16-27)24(28)23-19-5-1-3-7-21(19)31-22-8-4-2-6-20(22)23/h1-12,23H,13-16H2. The fourth-order valence-electron chi connectivity index (χ4n) is 4.26. The maximum Gasteiger partial charge on any atom is 0.243 e. The molecule has 2 aliphatic rings. The molecular formula is C24H21ClN2O4S. The highest BCUT2D eigenvalue weighted by atomic mass is 35.5. The molecule has 3 aromatic rings. The molecule has 0 saturated carbocycles. The largest absolute Gasteiger partial charge is 0.457 e. The summed E-state index contributed by atoms with van der Waals surface area (Å²) in [6.07, 6.45) is 0. The minimum Gasteiger partial charge on any atom is -0.457 e. The third-order valence-corrected chi connectivity index (χ3v) is 8.09. The first-order chi connectivity index (χ1) is 15.4. The molecule has 3 aromatic carbocycles. The van der Waals surface area contributed by atoms with E-state index in [1.165, 1.54) is 16.4 Å². The van der Waals surface area contributed by atoms with E-state index in [0.29, 0.717) is 29.6 Å². The van der Waals surface area contributed by atoms with Gasteiger partial charge in [-0.3, -0.25) is 4.79 Å². The van der Waals surface area contributed by atoms with Gasteiger partial charge in [-0.25, -0.2) is 8.42 Å². The quantitative estimate of drug-likeness (QED) is 0.580. The number of para-hydroxylation sites is 2. The zero-order chi connectivity index (χ0) is 22.3. The monoisotopic (exact) mass is 468 g/mol. The Morgan fingerprint density at radius 1 is 0.812 bits per heavy atom. The molecule has 6 nitrogen and oxygen atoms in total. The highest BCUT2D eigenvalue weighted by molar-refractivity contribution is 7.89. The lowest BCUT2D eigenvalue weighted by Gasteiger charge is -2.37. The molecule has 0 bridgehead atoms. The van der Waals surface area contributed by atoms with Crippen molar-refractivity contribution in [1.29, 1.82) is 0 Å². The van der Waals surface area contributed by atoms with Crippen LogP contribution in [0.25, 0.3) is 0 Å². The summed E-state index contributed by atoms with van der Waals surface area (Å²) in [4.78, 5) is 15.6. The van der Waals surface area contributed by atoms with E-state index < -0.39 is 15.9 Å². The van der Waals surface area contributed by atoms with Crippen LogP contribution in [-0.4, -0.2) is 49.7 Å². The Kier molecular flexibility index (Phi) is 5.41. The average molecular weight is 469 g/mol. The van der Waals surface area contributed by atoms with Crippen LogP contribution in [0.4, 0.5) is 0 Å². The van der Waals surface area contributed by atoms with Crippen LogP contribution in [0.15, 0.2) is 77.7 Å². The van der Waals surface area contributed by atoms with Crippen molar-refractivity contribution in [3.8, 4) is 11.5 Å². The minimum absolute atomic E-state index is 0.0447. The van der Waals surface area contributed by atoms with Gasteiger partial charge in [0.05, 0.1) is 10.8 Å². The second kappa shape index (κ2) is 8.24. The normalized spacial score (nSPS) is 16.7. The predicted octanol–water partition coefficient (Wildman–Crippen LogP) is 4.11. The maximum absolute atomic E-state index is 13.6. The number of halogens is 1. The molecule has 0 unspecified atom stereocenters. The second-order valence-electron chi connectivity index (χ2n) is 7.79. The van der Waals surface area contributed by atoms with Crippen LogP contribution in [0.2, 0.25) is 5.02 Å². The molecule has 1 amide bonds. The number of carbonyl (C=O) groups is 1. The van der Waals surface area contributed by atoms with E-state index in [1.807, 2.05) is 48.5 Å². The van der Waals surface area contributed by atoms with Crippen molar-refractivity contribution in [2.75, 3.05) is 26.2 Å². The Morgan fingerprint density at radius 2 is 1.34 bits per heavy atom. The van der Waals surface area contributed by atoms with Crippen LogP contribution in [0.1, 0.15) is 17.0 Å². The molecule has 1 saturated heterocycles. The van der Waals surface area contributed by atoms with Gasteiger partial charge in [-0.1, -0.05) is 48.0 Å². The number of carbonyl (C=O) groups excluding carboxylic acids is 1. The van der Waals surface area contributed by atoms with E-state index in [2.05, 4.69) is 0 Å². The van der Waals surface area contributed by atoms with Crippen LogP contribution < -0.4 is 4.74 Å². The molecule has 5 rings (SSSR count). The molecule has 32 heavy (non-hydrogen) atoms. The smallest absolute Gasteiger partial charge is 0.243 e. The fourth-order valence-corrected chi connectivity index (χ4v) is 5.81. The number of fused-ring (bicyclic) bond motifs is 2. The van der Waals surface area contributed by atoms with Gasteiger partial charge < -0.3 is 9.64 Å². The number of benzene rings is 3. The average Bonchev–Trinajstić information content (AvgIpc) is 2.82. The number of piperazine rings is 1. The van der Waals surface area contributed by atoms with Gasteiger partial charge in [-0.05, 0) is 36.4 Å². The first-order valence-corrected chi connectivity index (χ1v) is 12.2. The van der Waals surface area contributed by atoms with Crippen LogP contribution in [0.5, 0.6) is 11.5 Å². The van der Waals surface area contributed by atoms with Gasteiger partial charge >= 0.3 is 0 Å². The number of hydrogen-bond donors (Lipinski definition) is 0. The molecule has 0 atom stereocenters. The van der Waals surface area contributed by atoms with Crippen molar-refractivity contribution < 1.29 is 17.9 Å². The zero-order valence-corrected chi connectivity index (χ0v) is 18.7. The summed E-state index contributed by atoms with van der Waals surface area (Å²) in [6.45, 7) is 1.13. The lowest BCUT2D eigenvalue weighted by Crippen LogP contribution is -2.51. The lowest BCUT2D eigenvalue weighted by molar-refractivity contribution is -0.133. The van der Waals surface area contributed by atoms with Gasteiger partial charge in [0.25, 0.3) is 0 Å². The molecule has 8 heteroatoms. The Hall–Kier alpha value is -2.87. The number of nitrogens with zero attached hydrogens (tertiary/aromatic N) is 2. The Bertz CT molecular complexity index is 1220. The third kappa shape index (κ3) is 3.66. The van der Waals surface area contributed by atoms with Gasteiger partial charge in [-0.2, -0.15) is 4.31 Å². The van der Waals surface area contributed by atoms with E-state index in [9.17, 15) is 13.2 Å². The van der Waals surface area contributed by atoms with Crippen LogP contribution >= 0.6 is 11.6 Å². The van der Waals surface area contributed by atoms with Gasteiger partial charge in [0.1, 0.15) is 11.5 Å². The first kappa shape index (κ1) is 21.0. The molecule has 0 aliphatic carbocycles. The number of amides is 1.